The van der Waals surface area contributed by atoms with Gasteiger partial charge in [-0.3, -0.25) is 10.1 Å². The van der Waals surface area contributed by atoms with Crippen LogP contribution in [0.3, 0.4) is 0 Å². The van der Waals surface area contributed by atoms with Gasteiger partial charge in [0, 0.05) is 5.75 Å². The monoisotopic (exact) mass is 237 g/mol. The summed E-state index contributed by atoms with van der Waals surface area (Å²) in [5.74, 6) is 7.21. The second-order valence-corrected chi connectivity index (χ2v) is 3.97. The van der Waals surface area contributed by atoms with Crippen LogP contribution in [0.25, 0.3) is 0 Å². The number of anilines is 1. The van der Waals surface area contributed by atoms with Crippen molar-refractivity contribution in [2.75, 3.05) is 5.43 Å². The average molecular weight is 237 g/mol. The minimum absolute atomic E-state index is 0.544. The van der Waals surface area contributed by atoms with Crippen molar-refractivity contribution in [3.63, 3.8) is 0 Å². The van der Waals surface area contributed by atoms with Crippen molar-refractivity contribution in [2.24, 2.45) is 5.84 Å². The van der Waals surface area contributed by atoms with Crippen LogP contribution >= 0.6 is 11.8 Å². The molecule has 7 nitrogen and oxygen atoms in total. The first-order valence-corrected chi connectivity index (χ1v) is 5.56. The maximum atomic E-state index is 5.19. The molecule has 0 radical (unpaired) electrons. The van der Waals surface area contributed by atoms with Crippen LogP contribution < -0.4 is 11.3 Å². The molecular weight excluding hydrogens is 226 g/mol. The van der Waals surface area contributed by atoms with E-state index in [2.05, 4.69) is 30.6 Å². The molecule has 0 saturated carbocycles. The third-order valence-electron chi connectivity index (χ3n) is 1.78. The smallest absolute Gasteiger partial charge is 0.208 e. The van der Waals surface area contributed by atoms with E-state index in [0.29, 0.717) is 16.7 Å². The van der Waals surface area contributed by atoms with E-state index in [4.69, 9.17) is 5.84 Å². The van der Waals surface area contributed by atoms with Crippen LogP contribution in [0.5, 0.6) is 0 Å². The largest absolute Gasteiger partial charge is 0.307 e. The Labute approximate surface area is 96.3 Å². The standard InChI is InChI=1S/C8H11N7S/c1-5-12-8(15-14-5)16-4-6-2-11-7(13-9)3-10-6/h2-3H,4,9H2,1H3,(H,11,13)(H,12,14,15). The van der Waals surface area contributed by atoms with Crippen molar-refractivity contribution in [3.05, 3.63) is 23.9 Å². The highest BCUT2D eigenvalue weighted by Gasteiger charge is 2.02. The molecule has 2 aromatic rings. The highest BCUT2D eigenvalue weighted by atomic mass is 32.2. The van der Waals surface area contributed by atoms with Crippen LogP contribution in [0.1, 0.15) is 11.5 Å². The predicted molar refractivity (Wildman–Crippen MR) is 60.5 cm³/mol. The Morgan fingerprint density at radius 1 is 1.44 bits per heavy atom. The summed E-state index contributed by atoms with van der Waals surface area (Å²) in [6.45, 7) is 1.86. The molecule has 0 aromatic carbocycles. The third kappa shape index (κ3) is 2.67. The van der Waals surface area contributed by atoms with Crippen LogP contribution in [0, 0.1) is 6.92 Å². The van der Waals surface area contributed by atoms with Crippen molar-refractivity contribution in [1.29, 1.82) is 0 Å². The first-order valence-electron chi connectivity index (χ1n) is 4.57. The van der Waals surface area contributed by atoms with Crippen molar-refractivity contribution in [1.82, 2.24) is 25.1 Å². The number of nitrogen functional groups attached to an aromatic ring is 1. The Balaban J connectivity index is 1.94. The maximum absolute atomic E-state index is 5.19. The number of H-pyrrole nitrogens is 1. The highest BCUT2D eigenvalue weighted by molar-refractivity contribution is 7.98. The Morgan fingerprint density at radius 2 is 2.31 bits per heavy atom. The molecule has 8 heteroatoms. The van der Waals surface area contributed by atoms with Crippen molar-refractivity contribution in [2.45, 2.75) is 17.8 Å². The van der Waals surface area contributed by atoms with Gasteiger partial charge in [0.15, 0.2) is 5.82 Å². The lowest BCUT2D eigenvalue weighted by Crippen LogP contribution is -2.08. The van der Waals surface area contributed by atoms with E-state index in [1.165, 1.54) is 11.8 Å². The van der Waals surface area contributed by atoms with E-state index in [9.17, 15) is 0 Å². The molecule has 0 saturated heterocycles. The molecule has 0 fully saturated rings. The van der Waals surface area contributed by atoms with E-state index < -0.39 is 0 Å². The van der Waals surface area contributed by atoms with Crippen LogP contribution in [0.2, 0.25) is 0 Å². The molecule has 84 valence electrons. The van der Waals surface area contributed by atoms with Gasteiger partial charge in [0.1, 0.15) is 5.82 Å². The Morgan fingerprint density at radius 3 is 2.88 bits per heavy atom. The van der Waals surface area contributed by atoms with Crippen molar-refractivity contribution >= 4 is 17.6 Å². The average Bonchev–Trinajstić information content (AvgIpc) is 2.73. The second-order valence-electron chi connectivity index (χ2n) is 3.03. The lowest BCUT2D eigenvalue weighted by molar-refractivity contribution is 0.967. The van der Waals surface area contributed by atoms with E-state index >= 15 is 0 Å². The summed E-state index contributed by atoms with van der Waals surface area (Å²) >= 11 is 1.50. The van der Waals surface area contributed by atoms with Gasteiger partial charge >= 0.3 is 0 Å². The van der Waals surface area contributed by atoms with Gasteiger partial charge in [-0.25, -0.2) is 15.8 Å². The van der Waals surface area contributed by atoms with Crippen LogP contribution in [0.4, 0.5) is 5.82 Å². The van der Waals surface area contributed by atoms with Gasteiger partial charge < -0.3 is 5.43 Å². The summed E-state index contributed by atoms with van der Waals surface area (Å²) in [5.41, 5.74) is 3.27. The molecule has 2 rings (SSSR count). The lowest BCUT2D eigenvalue weighted by Gasteiger charge is -1.99. The van der Waals surface area contributed by atoms with Gasteiger partial charge in [0.25, 0.3) is 0 Å². The molecule has 0 bridgehead atoms. The molecule has 4 N–H and O–H groups in total. The minimum atomic E-state index is 0.544. The Kier molecular flexibility index (Phi) is 3.32. The normalized spacial score (nSPS) is 10.4. The van der Waals surface area contributed by atoms with E-state index in [1.807, 2.05) is 6.92 Å². The summed E-state index contributed by atoms with van der Waals surface area (Å²) in [7, 11) is 0. The number of aromatic amines is 1. The van der Waals surface area contributed by atoms with Crippen LogP contribution in [-0.4, -0.2) is 25.1 Å². The highest BCUT2D eigenvalue weighted by Crippen LogP contribution is 2.17. The number of nitrogens with one attached hydrogen (secondary N) is 2. The first-order chi connectivity index (χ1) is 7.78. The number of hydrazine groups is 1. The molecule has 2 aromatic heterocycles. The molecule has 0 spiro atoms. The number of aromatic nitrogens is 5. The van der Waals surface area contributed by atoms with Crippen molar-refractivity contribution in [3.8, 4) is 0 Å². The van der Waals surface area contributed by atoms with Crippen LogP contribution in [-0.2, 0) is 5.75 Å². The molecule has 16 heavy (non-hydrogen) atoms. The van der Waals surface area contributed by atoms with Gasteiger partial charge in [0.2, 0.25) is 5.16 Å². The maximum Gasteiger partial charge on any atom is 0.208 e. The zero-order valence-electron chi connectivity index (χ0n) is 8.64. The second kappa shape index (κ2) is 4.90. The third-order valence-corrected chi connectivity index (χ3v) is 2.66. The Bertz CT molecular complexity index is 452. The first kappa shape index (κ1) is 10.8. The number of hydrogen-bond donors (Lipinski definition) is 3. The quantitative estimate of drug-likeness (QED) is 0.403. The molecule has 0 amide bonds. The lowest BCUT2D eigenvalue weighted by atomic mass is 10.5. The summed E-state index contributed by atoms with van der Waals surface area (Å²) in [5, 5.41) is 7.50. The number of rotatable bonds is 4. The minimum Gasteiger partial charge on any atom is -0.307 e. The number of nitrogens with two attached hydrogens (primary N) is 1. The molecule has 0 unspecified atom stereocenters. The molecule has 0 atom stereocenters. The fourth-order valence-electron chi connectivity index (χ4n) is 1.03. The zero-order chi connectivity index (χ0) is 11.4. The number of aryl methyl sites for hydroxylation is 1. The van der Waals surface area contributed by atoms with Gasteiger partial charge in [-0.05, 0) is 6.92 Å². The fourth-order valence-corrected chi connectivity index (χ4v) is 1.77. The van der Waals surface area contributed by atoms with Crippen molar-refractivity contribution < 1.29 is 0 Å². The molecule has 0 aliphatic rings. The number of thioether (sulfide) groups is 1. The predicted octanol–water partition coefficient (Wildman–Crippen LogP) is 0.481. The topological polar surface area (TPSA) is 105 Å². The molecular formula is C8H11N7S. The summed E-state index contributed by atoms with van der Waals surface area (Å²) < 4.78 is 0. The molecule has 2 heterocycles. The van der Waals surface area contributed by atoms with Gasteiger partial charge in [-0.15, -0.1) is 5.10 Å². The van der Waals surface area contributed by atoms with E-state index in [1.54, 1.807) is 12.4 Å². The van der Waals surface area contributed by atoms with Gasteiger partial charge in [-0.2, -0.15) is 0 Å². The Hall–Kier alpha value is -1.67. The zero-order valence-corrected chi connectivity index (χ0v) is 9.45. The van der Waals surface area contributed by atoms with Gasteiger partial charge in [0.05, 0.1) is 18.1 Å². The fraction of sp³-hybridized carbons (Fsp3) is 0.250. The number of nitrogens with zero attached hydrogens (tertiary/aromatic N) is 4. The number of hydrogen-bond acceptors (Lipinski definition) is 7. The van der Waals surface area contributed by atoms with E-state index in [0.717, 1.165) is 11.5 Å². The van der Waals surface area contributed by atoms with Gasteiger partial charge in [-0.1, -0.05) is 11.8 Å². The summed E-state index contributed by atoms with van der Waals surface area (Å²) in [6.07, 6.45) is 3.25. The summed E-state index contributed by atoms with van der Waals surface area (Å²) in [6, 6.07) is 0. The van der Waals surface area contributed by atoms with Crippen LogP contribution in [0.15, 0.2) is 17.6 Å². The summed E-state index contributed by atoms with van der Waals surface area (Å²) in [4.78, 5) is 12.4. The molecule has 0 aliphatic carbocycles. The SMILES string of the molecule is Cc1nc(SCc2cnc(NN)cn2)n[nH]1. The van der Waals surface area contributed by atoms with E-state index in [-0.39, 0.29) is 0 Å². The molecule has 0 aliphatic heterocycles.